The number of amides is 1. The minimum atomic E-state index is -0.653. The van der Waals surface area contributed by atoms with E-state index in [1.165, 1.54) is 0 Å². The van der Waals surface area contributed by atoms with Gasteiger partial charge in [0.25, 0.3) is 5.91 Å². The molecule has 41 heavy (non-hydrogen) atoms. The number of para-hydroxylation sites is 2. The molecule has 1 unspecified atom stereocenters. The van der Waals surface area contributed by atoms with Crippen molar-refractivity contribution in [2.75, 3.05) is 23.8 Å². The van der Waals surface area contributed by atoms with Crippen LogP contribution >= 0.6 is 23.2 Å². The van der Waals surface area contributed by atoms with Crippen LogP contribution in [0.1, 0.15) is 37.9 Å². The summed E-state index contributed by atoms with van der Waals surface area (Å²) in [5.74, 6) is 1.68. The molecule has 0 spiro atoms. The summed E-state index contributed by atoms with van der Waals surface area (Å²) in [6.45, 7) is 6.66. The number of nitrogens with one attached hydrogen (secondary N) is 2. The highest BCUT2D eigenvalue weighted by Gasteiger charge is 2.35. The lowest BCUT2D eigenvalue weighted by Crippen LogP contribution is -2.31. The fourth-order valence-electron chi connectivity index (χ4n) is 4.53. The van der Waals surface area contributed by atoms with Gasteiger partial charge < -0.3 is 24.8 Å². The minimum absolute atomic E-state index is 0.214. The Morgan fingerprint density at radius 2 is 1.76 bits per heavy atom. The third-order valence-corrected chi connectivity index (χ3v) is 6.96. The number of hydrogen-bond donors (Lipinski definition) is 2. The molecule has 0 saturated heterocycles. The minimum Gasteiger partial charge on any atom is -0.492 e. The molecule has 1 aliphatic heterocycles. The van der Waals surface area contributed by atoms with Gasteiger partial charge in [-0.3, -0.25) is 4.79 Å². The van der Waals surface area contributed by atoms with Gasteiger partial charge in [0.2, 0.25) is 5.95 Å². The fourth-order valence-corrected chi connectivity index (χ4v) is 5.00. The fraction of sp³-hybridized carbons (Fsp3) is 0.241. The number of ether oxygens (including phenoxy) is 3. The van der Waals surface area contributed by atoms with Crippen LogP contribution in [0.4, 0.5) is 11.6 Å². The van der Waals surface area contributed by atoms with E-state index in [4.69, 9.17) is 37.4 Å². The summed E-state index contributed by atoms with van der Waals surface area (Å²) < 4.78 is 19.3. The number of allylic oxidation sites excluding steroid dienone is 1. The normalized spacial score (nSPS) is 14.2. The van der Waals surface area contributed by atoms with Gasteiger partial charge in [0.05, 0.1) is 24.5 Å². The number of carbonyl (C=O) groups excluding carboxylic acids is 1. The average Bonchev–Trinajstić information content (AvgIpc) is 3.42. The van der Waals surface area contributed by atoms with Crippen LogP contribution in [0.15, 0.2) is 71.9 Å². The van der Waals surface area contributed by atoms with Crippen LogP contribution in [0.2, 0.25) is 10.0 Å². The number of hydrogen-bond acceptors (Lipinski definition) is 8. The zero-order valence-corrected chi connectivity index (χ0v) is 24.2. The van der Waals surface area contributed by atoms with E-state index >= 15 is 0 Å². The number of benzene rings is 3. The lowest BCUT2D eigenvalue weighted by atomic mass is 9.94. The second kappa shape index (κ2) is 12.5. The number of halogens is 2. The molecule has 1 aromatic heterocycles. The summed E-state index contributed by atoms with van der Waals surface area (Å²) >= 11 is 12.4. The van der Waals surface area contributed by atoms with Gasteiger partial charge >= 0.3 is 0 Å². The molecule has 2 heterocycles. The standard InChI is InChI=1S/C29H28Cl2N6O4/c1-4-39-23-9-7-6-8-22(23)33-28(38)26-17(3)32-29-34-35-36-37(29)27(26)18-11-13-24(25(14-18)40-5-2)41-16-19-10-12-20(30)15-21(19)31/h6-15,27H,4-5,16H2,1-3H3,(H,33,38)(H,32,34,36). The van der Waals surface area contributed by atoms with Crippen molar-refractivity contribution in [3.05, 3.63) is 93.1 Å². The van der Waals surface area contributed by atoms with E-state index in [1.807, 2.05) is 51.1 Å². The topological polar surface area (TPSA) is 112 Å². The van der Waals surface area contributed by atoms with Crippen molar-refractivity contribution < 1.29 is 19.0 Å². The molecule has 0 fully saturated rings. The zero-order valence-electron chi connectivity index (χ0n) is 22.6. The Morgan fingerprint density at radius 1 is 0.976 bits per heavy atom. The molecule has 10 nitrogen and oxygen atoms in total. The highest BCUT2D eigenvalue weighted by atomic mass is 35.5. The van der Waals surface area contributed by atoms with Crippen molar-refractivity contribution in [2.24, 2.45) is 0 Å². The van der Waals surface area contributed by atoms with Crippen LogP contribution in [-0.4, -0.2) is 39.3 Å². The number of rotatable bonds is 10. The predicted octanol–water partition coefficient (Wildman–Crippen LogP) is 6.28. The first-order chi connectivity index (χ1) is 19.9. The van der Waals surface area contributed by atoms with E-state index in [0.717, 1.165) is 11.1 Å². The van der Waals surface area contributed by atoms with E-state index in [0.29, 0.717) is 63.4 Å². The summed E-state index contributed by atoms with van der Waals surface area (Å²) in [5, 5.41) is 19.3. The van der Waals surface area contributed by atoms with E-state index in [9.17, 15) is 4.79 Å². The van der Waals surface area contributed by atoms with E-state index in [2.05, 4.69) is 26.2 Å². The third-order valence-electron chi connectivity index (χ3n) is 6.38. The Bertz CT molecular complexity index is 1610. The number of nitrogens with zero attached hydrogens (tertiary/aromatic N) is 4. The van der Waals surface area contributed by atoms with Gasteiger partial charge in [0.1, 0.15) is 18.4 Å². The molecule has 0 saturated carbocycles. The zero-order chi connectivity index (χ0) is 28.9. The summed E-state index contributed by atoms with van der Waals surface area (Å²) in [6.07, 6.45) is 0. The Balaban J connectivity index is 1.49. The van der Waals surface area contributed by atoms with Gasteiger partial charge in [0.15, 0.2) is 11.5 Å². The second-order valence-electron chi connectivity index (χ2n) is 9.06. The molecule has 1 aliphatic rings. The SMILES string of the molecule is CCOc1ccccc1NC(=O)C1=C(C)Nc2nnnn2C1c1ccc(OCc2ccc(Cl)cc2Cl)c(OCC)c1. The molecule has 2 N–H and O–H groups in total. The van der Waals surface area contributed by atoms with Gasteiger partial charge in [0, 0.05) is 21.3 Å². The number of carbonyl (C=O) groups is 1. The third kappa shape index (κ3) is 6.08. The van der Waals surface area contributed by atoms with Gasteiger partial charge in [-0.05, 0) is 73.2 Å². The molecule has 1 atom stereocenters. The summed E-state index contributed by atoms with van der Waals surface area (Å²) in [5.41, 5.74) is 3.10. The second-order valence-corrected chi connectivity index (χ2v) is 9.90. The van der Waals surface area contributed by atoms with Crippen molar-refractivity contribution in [1.29, 1.82) is 0 Å². The Morgan fingerprint density at radius 3 is 2.54 bits per heavy atom. The first-order valence-corrected chi connectivity index (χ1v) is 13.8. The molecule has 12 heteroatoms. The van der Waals surface area contributed by atoms with Crippen molar-refractivity contribution in [3.8, 4) is 17.2 Å². The number of aromatic nitrogens is 4. The van der Waals surface area contributed by atoms with Crippen LogP contribution in [0.3, 0.4) is 0 Å². The van der Waals surface area contributed by atoms with E-state index in [1.54, 1.807) is 35.0 Å². The Kier molecular flexibility index (Phi) is 8.61. The molecule has 0 bridgehead atoms. The predicted molar refractivity (Wildman–Crippen MR) is 157 cm³/mol. The van der Waals surface area contributed by atoms with Gasteiger partial charge in [-0.2, -0.15) is 4.68 Å². The van der Waals surface area contributed by atoms with Crippen molar-refractivity contribution in [3.63, 3.8) is 0 Å². The van der Waals surface area contributed by atoms with E-state index in [-0.39, 0.29) is 12.5 Å². The summed E-state index contributed by atoms with van der Waals surface area (Å²) in [6, 6.07) is 17.4. The van der Waals surface area contributed by atoms with Crippen LogP contribution in [-0.2, 0) is 11.4 Å². The molecule has 3 aromatic carbocycles. The van der Waals surface area contributed by atoms with Gasteiger partial charge in [-0.15, -0.1) is 0 Å². The number of tetrazole rings is 1. The van der Waals surface area contributed by atoms with Crippen LogP contribution in [0, 0.1) is 0 Å². The average molecular weight is 595 g/mol. The van der Waals surface area contributed by atoms with Crippen LogP contribution in [0.25, 0.3) is 0 Å². The van der Waals surface area contributed by atoms with Crippen LogP contribution in [0.5, 0.6) is 17.2 Å². The number of anilines is 2. The maximum atomic E-state index is 13.8. The van der Waals surface area contributed by atoms with Crippen molar-refractivity contribution in [1.82, 2.24) is 20.2 Å². The van der Waals surface area contributed by atoms with Gasteiger partial charge in [-0.25, -0.2) is 0 Å². The lowest BCUT2D eigenvalue weighted by molar-refractivity contribution is -0.113. The highest BCUT2D eigenvalue weighted by Crippen LogP contribution is 2.39. The van der Waals surface area contributed by atoms with Gasteiger partial charge in [-0.1, -0.05) is 52.6 Å². The Labute approximate surface area is 247 Å². The van der Waals surface area contributed by atoms with E-state index < -0.39 is 6.04 Å². The summed E-state index contributed by atoms with van der Waals surface area (Å²) in [4.78, 5) is 13.8. The first kappa shape index (κ1) is 28.3. The largest absolute Gasteiger partial charge is 0.492 e. The molecular formula is C29H28Cl2N6O4. The van der Waals surface area contributed by atoms with Crippen molar-refractivity contribution >= 4 is 40.7 Å². The monoisotopic (exact) mass is 594 g/mol. The van der Waals surface area contributed by atoms with Crippen LogP contribution < -0.4 is 24.8 Å². The number of fused-ring (bicyclic) bond motifs is 1. The molecular weight excluding hydrogens is 567 g/mol. The molecule has 5 rings (SSSR count). The molecule has 0 aliphatic carbocycles. The molecule has 212 valence electrons. The van der Waals surface area contributed by atoms with Crippen molar-refractivity contribution in [2.45, 2.75) is 33.4 Å². The quantitative estimate of drug-likeness (QED) is 0.220. The maximum absolute atomic E-state index is 13.8. The maximum Gasteiger partial charge on any atom is 0.255 e. The molecule has 4 aromatic rings. The Hall–Kier alpha value is -4.28. The first-order valence-electron chi connectivity index (χ1n) is 13.0. The summed E-state index contributed by atoms with van der Waals surface area (Å²) in [7, 11) is 0. The molecule has 0 radical (unpaired) electrons. The lowest BCUT2D eigenvalue weighted by Gasteiger charge is -2.28. The highest BCUT2D eigenvalue weighted by molar-refractivity contribution is 6.35. The molecule has 1 amide bonds. The smallest absolute Gasteiger partial charge is 0.255 e.